The van der Waals surface area contributed by atoms with E-state index >= 15 is 0 Å². The van der Waals surface area contributed by atoms with Crippen molar-refractivity contribution in [2.75, 3.05) is 23.7 Å². The highest BCUT2D eigenvalue weighted by Crippen LogP contribution is 2.38. The maximum absolute atomic E-state index is 5.20. The third-order valence-electron chi connectivity index (χ3n) is 8.77. The molecule has 3 aliphatic heterocycles. The predicted molar refractivity (Wildman–Crippen MR) is 183 cm³/mol. The lowest BCUT2D eigenvalue weighted by molar-refractivity contribution is 0.731. The van der Waals surface area contributed by atoms with Crippen molar-refractivity contribution in [1.82, 2.24) is 19.4 Å². The number of para-hydroxylation sites is 2. The molecule has 9 rings (SSSR count). The summed E-state index contributed by atoms with van der Waals surface area (Å²) in [7, 11) is 0. The Balaban J connectivity index is 1.07. The average molecular weight is 571 g/mol. The second-order valence-corrected chi connectivity index (χ2v) is 11.4. The summed E-state index contributed by atoms with van der Waals surface area (Å²) in [6, 6.07) is 32.2. The number of pyridine rings is 1. The number of nitrogens with zero attached hydrogens (tertiary/aromatic N) is 3. The van der Waals surface area contributed by atoms with Crippen LogP contribution in [-0.2, 0) is 0 Å². The Labute approximate surface area is 255 Å². The third kappa shape index (κ3) is 3.84. The van der Waals surface area contributed by atoms with Crippen LogP contribution in [0.2, 0.25) is 0 Å². The second-order valence-electron chi connectivity index (χ2n) is 11.4. The molecule has 0 aliphatic carbocycles. The monoisotopic (exact) mass is 570 g/mol. The van der Waals surface area contributed by atoms with Crippen LogP contribution in [0.5, 0.6) is 0 Å². The van der Waals surface area contributed by atoms with E-state index < -0.39 is 0 Å². The first-order chi connectivity index (χ1) is 21.8. The van der Waals surface area contributed by atoms with Gasteiger partial charge in [0.25, 0.3) is 0 Å². The lowest BCUT2D eigenvalue weighted by atomic mass is 10.0. The number of aromatic nitrogens is 3. The molecule has 1 unspecified atom stereocenters. The molecule has 6 heterocycles. The van der Waals surface area contributed by atoms with Gasteiger partial charge in [0, 0.05) is 29.4 Å². The fourth-order valence-corrected chi connectivity index (χ4v) is 6.82. The minimum absolute atomic E-state index is 0.0205. The normalized spacial score (nSPS) is 16.6. The van der Waals surface area contributed by atoms with Crippen LogP contribution in [0.25, 0.3) is 56.9 Å². The van der Waals surface area contributed by atoms with Crippen LogP contribution in [0.15, 0.2) is 121 Å². The summed E-state index contributed by atoms with van der Waals surface area (Å²) >= 11 is 0. The molecule has 44 heavy (non-hydrogen) atoms. The highest BCUT2D eigenvalue weighted by Gasteiger charge is 2.23. The van der Waals surface area contributed by atoms with Crippen molar-refractivity contribution in [3.05, 3.63) is 138 Å². The van der Waals surface area contributed by atoms with Crippen molar-refractivity contribution in [2.45, 2.75) is 6.04 Å². The van der Waals surface area contributed by atoms with E-state index in [0.717, 1.165) is 47.2 Å². The first-order valence-corrected chi connectivity index (χ1v) is 15.1. The van der Waals surface area contributed by atoms with Crippen molar-refractivity contribution in [1.29, 1.82) is 0 Å². The number of fused-ring (bicyclic) bond motifs is 6. The molecule has 0 saturated heterocycles. The molecule has 6 heteroatoms. The zero-order chi connectivity index (χ0) is 29.0. The Hall–Kier alpha value is -5.75. The van der Waals surface area contributed by atoms with Gasteiger partial charge in [0.2, 0.25) is 0 Å². The molecule has 0 saturated carbocycles. The minimum atomic E-state index is 0.0205. The van der Waals surface area contributed by atoms with Gasteiger partial charge in [-0.1, -0.05) is 85.0 Å². The Bertz CT molecular complexity index is 2220. The molecule has 3 aromatic carbocycles. The zero-order valence-electron chi connectivity index (χ0n) is 24.0. The fraction of sp³-hybridized carbons (Fsp3) is 0.0789. The van der Waals surface area contributed by atoms with Crippen LogP contribution in [0.1, 0.15) is 23.0 Å². The summed E-state index contributed by atoms with van der Waals surface area (Å²) < 4.78 is 4.58. The summed E-state index contributed by atoms with van der Waals surface area (Å²) in [5.41, 5.74) is 10.2. The number of anilines is 2. The smallest absolute Gasteiger partial charge is 0.138 e. The van der Waals surface area contributed by atoms with Gasteiger partial charge in [-0.3, -0.25) is 9.13 Å². The standard InChI is InChI=1S/C38H30N6/c1-3-16-31-27(12-1)37-33(18-8-22-39-37)43(31)35-20-6-14-29(41-35)25-10-5-11-26(24-25)30-15-7-21-36(42-30)44-32-17-4-2-13-28(32)38-34(44)19-9-23-40-38/h1-21,24,29,39-41H,22-23H2. The number of nitrogens with one attached hydrogen (secondary N) is 3. The largest absolute Gasteiger partial charge is 0.379 e. The van der Waals surface area contributed by atoms with Gasteiger partial charge in [-0.05, 0) is 54.1 Å². The Morgan fingerprint density at radius 3 is 2.14 bits per heavy atom. The number of hydrogen-bond acceptors (Lipinski definition) is 4. The molecule has 0 radical (unpaired) electrons. The van der Waals surface area contributed by atoms with E-state index in [-0.39, 0.29) is 6.04 Å². The summed E-state index contributed by atoms with van der Waals surface area (Å²) in [5, 5.41) is 13.4. The topological polar surface area (TPSA) is 58.8 Å². The van der Waals surface area contributed by atoms with Crippen LogP contribution in [0.3, 0.4) is 0 Å². The molecule has 6 aromatic rings. The van der Waals surface area contributed by atoms with Crippen molar-refractivity contribution < 1.29 is 0 Å². The Morgan fingerprint density at radius 2 is 1.36 bits per heavy atom. The van der Waals surface area contributed by atoms with Crippen molar-refractivity contribution in [3.63, 3.8) is 0 Å². The van der Waals surface area contributed by atoms with Crippen molar-refractivity contribution in [2.24, 2.45) is 0 Å². The summed E-state index contributed by atoms with van der Waals surface area (Å²) in [6.45, 7) is 1.67. The third-order valence-corrected chi connectivity index (χ3v) is 8.77. The van der Waals surface area contributed by atoms with Crippen LogP contribution in [-0.4, -0.2) is 27.2 Å². The summed E-state index contributed by atoms with van der Waals surface area (Å²) in [4.78, 5) is 5.20. The first-order valence-electron chi connectivity index (χ1n) is 15.1. The van der Waals surface area contributed by atoms with Crippen LogP contribution in [0.4, 0.5) is 11.4 Å². The van der Waals surface area contributed by atoms with Crippen LogP contribution < -0.4 is 16.0 Å². The molecule has 0 bridgehead atoms. The fourth-order valence-electron chi connectivity index (χ4n) is 6.82. The first kappa shape index (κ1) is 24.8. The molecule has 6 nitrogen and oxygen atoms in total. The van der Waals surface area contributed by atoms with Crippen LogP contribution >= 0.6 is 0 Å². The van der Waals surface area contributed by atoms with Crippen molar-refractivity contribution in [3.8, 4) is 17.1 Å². The maximum Gasteiger partial charge on any atom is 0.138 e. The highest BCUT2D eigenvalue weighted by molar-refractivity contribution is 6.01. The van der Waals surface area contributed by atoms with E-state index in [1.165, 1.54) is 38.9 Å². The molecule has 0 fully saturated rings. The highest BCUT2D eigenvalue weighted by atomic mass is 15.2. The molecule has 212 valence electrons. The minimum Gasteiger partial charge on any atom is -0.379 e. The predicted octanol–water partition coefficient (Wildman–Crippen LogP) is 8.22. The molecular formula is C38H30N6. The Morgan fingerprint density at radius 1 is 0.682 bits per heavy atom. The van der Waals surface area contributed by atoms with Crippen molar-refractivity contribution >= 4 is 51.2 Å². The molecule has 1 atom stereocenters. The zero-order valence-corrected chi connectivity index (χ0v) is 24.0. The Kier molecular flexibility index (Phi) is 5.59. The van der Waals surface area contributed by atoms with Gasteiger partial charge in [0.05, 0.1) is 45.5 Å². The van der Waals surface area contributed by atoms with Gasteiger partial charge in [-0.25, -0.2) is 4.98 Å². The van der Waals surface area contributed by atoms with E-state index in [1.54, 1.807) is 0 Å². The summed E-state index contributed by atoms with van der Waals surface area (Å²) in [6.07, 6.45) is 15.3. The van der Waals surface area contributed by atoms with Gasteiger partial charge in [0.1, 0.15) is 11.6 Å². The lowest BCUT2D eigenvalue weighted by Gasteiger charge is -2.25. The molecule has 0 amide bonds. The lowest BCUT2D eigenvalue weighted by Crippen LogP contribution is -2.24. The molecule has 0 spiro atoms. The quantitative estimate of drug-likeness (QED) is 0.200. The number of dihydropyridines is 1. The SMILES string of the molecule is C1=CC(c2cccc(-c3cccc(-n4c5c(c6ccccc64)NCC=C5)n3)c2)NC(n2c3c(c4ccccc42)NCC=C3)=C1. The van der Waals surface area contributed by atoms with Gasteiger partial charge in [-0.15, -0.1) is 0 Å². The number of benzene rings is 3. The van der Waals surface area contributed by atoms with E-state index in [4.69, 9.17) is 4.98 Å². The molecule has 3 aliphatic rings. The average Bonchev–Trinajstić information content (AvgIpc) is 3.62. The number of hydrogen-bond donors (Lipinski definition) is 3. The molecule has 3 N–H and O–H groups in total. The molecule has 3 aromatic heterocycles. The van der Waals surface area contributed by atoms with E-state index in [1.807, 2.05) is 0 Å². The van der Waals surface area contributed by atoms with E-state index in [0.29, 0.717) is 0 Å². The van der Waals surface area contributed by atoms with E-state index in [9.17, 15) is 0 Å². The summed E-state index contributed by atoms with van der Waals surface area (Å²) in [5.74, 6) is 1.96. The molecular weight excluding hydrogens is 540 g/mol. The van der Waals surface area contributed by atoms with Gasteiger partial charge in [-0.2, -0.15) is 0 Å². The number of allylic oxidation sites excluding steroid dienone is 2. The maximum atomic E-state index is 5.20. The van der Waals surface area contributed by atoms with Gasteiger partial charge in [0.15, 0.2) is 0 Å². The van der Waals surface area contributed by atoms with Gasteiger partial charge < -0.3 is 16.0 Å². The van der Waals surface area contributed by atoms with E-state index in [2.05, 4.69) is 159 Å². The van der Waals surface area contributed by atoms with Crippen LogP contribution in [0, 0.1) is 0 Å². The number of rotatable bonds is 4. The second kappa shape index (κ2) is 9.92. The van der Waals surface area contributed by atoms with Gasteiger partial charge >= 0.3 is 0 Å².